The van der Waals surface area contributed by atoms with Crippen molar-refractivity contribution in [2.45, 2.75) is 25.8 Å². The van der Waals surface area contributed by atoms with Crippen molar-refractivity contribution in [2.24, 2.45) is 5.92 Å². The van der Waals surface area contributed by atoms with Gasteiger partial charge in [-0.15, -0.1) is 0 Å². The molecule has 1 unspecified atom stereocenters. The van der Waals surface area contributed by atoms with Crippen LogP contribution in [0, 0.1) is 12.8 Å². The van der Waals surface area contributed by atoms with Gasteiger partial charge in [-0.25, -0.2) is 0 Å². The van der Waals surface area contributed by atoms with Crippen molar-refractivity contribution in [1.29, 1.82) is 0 Å². The highest BCUT2D eigenvalue weighted by molar-refractivity contribution is 5.97. The van der Waals surface area contributed by atoms with Crippen molar-refractivity contribution < 1.29 is 4.79 Å². The number of amides is 1. The minimum Gasteiger partial charge on any atom is -0.347 e. The van der Waals surface area contributed by atoms with E-state index in [-0.39, 0.29) is 11.9 Å². The van der Waals surface area contributed by atoms with Crippen molar-refractivity contribution in [3.8, 4) is 0 Å². The summed E-state index contributed by atoms with van der Waals surface area (Å²) in [4.78, 5) is 19.3. The molecule has 3 heterocycles. The zero-order valence-corrected chi connectivity index (χ0v) is 12.9. The highest BCUT2D eigenvalue weighted by Gasteiger charge is 2.33. The first kappa shape index (κ1) is 13.7. The molecule has 4 rings (SSSR count). The topological polar surface area (TPSA) is 45.2 Å². The summed E-state index contributed by atoms with van der Waals surface area (Å²) in [5.41, 5.74) is 1.70. The summed E-state index contributed by atoms with van der Waals surface area (Å²) in [6.07, 6.45) is 4.18. The fourth-order valence-electron chi connectivity index (χ4n) is 3.87. The summed E-state index contributed by atoms with van der Waals surface area (Å²) in [5, 5.41) is 5.37. The standard InChI is InChI=1S/C18H21N3O/c1-12-3-2-4-14-9-19-17(8-16(12)14)18(22)20-15-7-13-5-6-21(10-13)11-15/h2-4,8-9,13,15H,5-7,10-11H2,1H3,(H,20,22)/t13-,15-/m1/s1. The van der Waals surface area contributed by atoms with Gasteiger partial charge < -0.3 is 10.2 Å². The molecule has 1 amide bonds. The van der Waals surface area contributed by atoms with E-state index < -0.39 is 0 Å². The molecule has 3 atom stereocenters. The van der Waals surface area contributed by atoms with Crippen molar-refractivity contribution in [2.75, 3.05) is 19.6 Å². The predicted octanol–water partition coefficient (Wildman–Crippen LogP) is 2.37. The van der Waals surface area contributed by atoms with E-state index in [9.17, 15) is 4.79 Å². The summed E-state index contributed by atoms with van der Waals surface area (Å²) >= 11 is 0. The number of carbonyl (C=O) groups is 1. The molecule has 4 nitrogen and oxygen atoms in total. The van der Waals surface area contributed by atoms with E-state index in [1.807, 2.05) is 18.2 Å². The van der Waals surface area contributed by atoms with Gasteiger partial charge in [0.25, 0.3) is 5.91 Å². The second kappa shape index (κ2) is 5.36. The lowest BCUT2D eigenvalue weighted by Crippen LogP contribution is -2.47. The van der Waals surface area contributed by atoms with E-state index in [4.69, 9.17) is 0 Å². The van der Waals surface area contributed by atoms with Gasteiger partial charge in [-0.2, -0.15) is 0 Å². The smallest absolute Gasteiger partial charge is 0.270 e. The molecule has 2 bridgehead atoms. The van der Waals surface area contributed by atoms with Gasteiger partial charge in [0.2, 0.25) is 0 Å². The summed E-state index contributed by atoms with van der Waals surface area (Å²) in [7, 11) is 0. The molecule has 0 aliphatic carbocycles. The number of fused-ring (bicyclic) bond motifs is 3. The van der Waals surface area contributed by atoms with Gasteiger partial charge in [-0.05, 0) is 49.2 Å². The lowest BCUT2D eigenvalue weighted by Gasteiger charge is -2.30. The molecule has 0 spiro atoms. The predicted molar refractivity (Wildman–Crippen MR) is 86.9 cm³/mol. The van der Waals surface area contributed by atoms with Gasteiger partial charge in [-0.1, -0.05) is 18.2 Å². The highest BCUT2D eigenvalue weighted by Crippen LogP contribution is 2.27. The van der Waals surface area contributed by atoms with Crippen LogP contribution in [0.3, 0.4) is 0 Å². The van der Waals surface area contributed by atoms with Crippen molar-refractivity contribution in [3.63, 3.8) is 0 Å². The Hall–Kier alpha value is -1.94. The summed E-state index contributed by atoms with van der Waals surface area (Å²) in [6, 6.07) is 8.30. The minimum atomic E-state index is -0.0438. The van der Waals surface area contributed by atoms with Crippen LogP contribution in [0.1, 0.15) is 28.9 Å². The number of nitrogens with one attached hydrogen (secondary N) is 1. The van der Waals surface area contributed by atoms with E-state index in [0.29, 0.717) is 5.69 Å². The lowest BCUT2D eigenvalue weighted by molar-refractivity contribution is 0.0904. The molecule has 2 aliphatic heterocycles. The largest absolute Gasteiger partial charge is 0.347 e. The second-order valence-corrected chi connectivity index (χ2v) is 6.69. The fraction of sp³-hybridized carbons (Fsp3) is 0.444. The maximum Gasteiger partial charge on any atom is 0.270 e. The molecule has 1 N–H and O–H groups in total. The van der Waals surface area contributed by atoms with Crippen LogP contribution < -0.4 is 5.32 Å². The Morgan fingerprint density at radius 2 is 2.27 bits per heavy atom. The molecule has 1 aromatic heterocycles. The molecule has 4 heteroatoms. The van der Waals surface area contributed by atoms with Crippen LogP contribution in [-0.2, 0) is 0 Å². The Kier molecular flexibility index (Phi) is 3.34. The van der Waals surface area contributed by atoms with E-state index in [1.165, 1.54) is 25.1 Å². The third-order valence-electron chi connectivity index (χ3n) is 5.02. The third-order valence-corrected chi connectivity index (χ3v) is 5.02. The molecular weight excluding hydrogens is 274 g/mol. The number of aryl methyl sites for hydroxylation is 1. The number of pyridine rings is 1. The Balaban J connectivity index is 1.54. The maximum atomic E-state index is 12.5. The summed E-state index contributed by atoms with van der Waals surface area (Å²) < 4.78 is 0. The Morgan fingerprint density at radius 1 is 1.36 bits per heavy atom. The molecule has 0 radical (unpaired) electrons. The molecule has 2 aliphatic rings. The zero-order valence-electron chi connectivity index (χ0n) is 12.9. The normalized spacial score (nSPS) is 27.0. The summed E-state index contributed by atoms with van der Waals surface area (Å²) in [5.74, 6) is 0.712. The van der Waals surface area contributed by atoms with Crippen LogP contribution in [0.2, 0.25) is 0 Å². The number of piperidine rings is 1. The number of hydrogen-bond donors (Lipinski definition) is 1. The van der Waals surface area contributed by atoms with E-state index in [1.54, 1.807) is 6.20 Å². The quantitative estimate of drug-likeness (QED) is 0.925. The van der Waals surface area contributed by atoms with Crippen LogP contribution in [0.15, 0.2) is 30.5 Å². The molecule has 22 heavy (non-hydrogen) atoms. The van der Waals surface area contributed by atoms with Crippen LogP contribution in [0.4, 0.5) is 0 Å². The number of aromatic nitrogens is 1. The highest BCUT2D eigenvalue weighted by atomic mass is 16.1. The molecule has 0 saturated carbocycles. The van der Waals surface area contributed by atoms with Gasteiger partial charge >= 0.3 is 0 Å². The van der Waals surface area contributed by atoms with Crippen LogP contribution in [0.5, 0.6) is 0 Å². The molecule has 2 fully saturated rings. The fourth-order valence-corrected chi connectivity index (χ4v) is 3.87. The second-order valence-electron chi connectivity index (χ2n) is 6.69. The van der Waals surface area contributed by atoms with Crippen molar-refractivity contribution in [1.82, 2.24) is 15.2 Å². The lowest BCUT2D eigenvalue weighted by atomic mass is 9.97. The SMILES string of the molecule is Cc1cccc2cnc(C(=O)N[C@@H]3C[C@H]4CCN(C4)C3)cc12. The van der Waals surface area contributed by atoms with Gasteiger partial charge in [0.15, 0.2) is 0 Å². The third kappa shape index (κ3) is 2.48. The first-order chi connectivity index (χ1) is 10.7. The molecule has 2 saturated heterocycles. The van der Waals surface area contributed by atoms with Crippen LogP contribution in [0.25, 0.3) is 10.8 Å². The minimum absolute atomic E-state index is 0.0438. The Morgan fingerprint density at radius 3 is 3.14 bits per heavy atom. The van der Waals surface area contributed by atoms with Gasteiger partial charge in [0, 0.05) is 30.7 Å². The first-order valence-corrected chi connectivity index (χ1v) is 8.07. The Labute approximate surface area is 130 Å². The van der Waals surface area contributed by atoms with Crippen molar-refractivity contribution in [3.05, 3.63) is 41.7 Å². The number of rotatable bonds is 2. The zero-order chi connectivity index (χ0) is 15.1. The summed E-state index contributed by atoms with van der Waals surface area (Å²) in [6.45, 7) is 5.44. The van der Waals surface area contributed by atoms with Crippen LogP contribution >= 0.6 is 0 Å². The van der Waals surface area contributed by atoms with E-state index >= 15 is 0 Å². The molecule has 1 aromatic carbocycles. The van der Waals surface area contributed by atoms with Crippen molar-refractivity contribution >= 4 is 16.7 Å². The molecule has 2 aromatic rings. The van der Waals surface area contributed by atoms with Crippen LogP contribution in [-0.4, -0.2) is 41.5 Å². The average Bonchev–Trinajstić information content (AvgIpc) is 2.86. The number of benzene rings is 1. The monoisotopic (exact) mass is 295 g/mol. The van der Waals surface area contributed by atoms with E-state index in [2.05, 4.69) is 28.2 Å². The van der Waals surface area contributed by atoms with Gasteiger partial charge in [0.05, 0.1) is 0 Å². The molecule has 114 valence electrons. The average molecular weight is 295 g/mol. The van der Waals surface area contributed by atoms with Gasteiger partial charge in [0.1, 0.15) is 5.69 Å². The number of nitrogens with zero attached hydrogens (tertiary/aromatic N) is 2. The number of carbonyl (C=O) groups excluding carboxylic acids is 1. The Bertz CT molecular complexity index is 715. The maximum absolute atomic E-state index is 12.5. The van der Waals surface area contributed by atoms with E-state index in [0.717, 1.165) is 29.7 Å². The van der Waals surface area contributed by atoms with Gasteiger partial charge in [-0.3, -0.25) is 9.78 Å². The number of hydrogen-bond acceptors (Lipinski definition) is 3. The first-order valence-electron chi connectivity index (χ1n) is 8.07. The molecular formula is C18H21N3O.